The van der Waals surface area contributed by atoms with Crippen LogP contribution in [0.5, 0.6) is 0 Å². The van der Waals surface area contributed by atoms with Crippen LogP contribution < -0.4 is 0 Å². The smallest absolute Gasteiger partial charge is 0.145 e. The van der Waals surface area contributed by atoms with Gasteiger partial charge in [0.25, 0.3) is 0 Å². The fourth-order valence-electron chi connectivity index (χ4n) is 2.97. The van der Waals surface area contributed by atoms with Crippen molar-refractivity contribution in [1.82, 2.24) is 14.4 Å². The van der Waals surface area contributed by atoms with Gasteiger partial charge in [-0.15, -0.1) is 0 Å². The number of halogens is 1. The number of aryl methyl sites for hydroxylation is 2. The average Bonchev–Trinajstić information content (AvgIpc) is 2.88. The number of hydrogen-bond donors (Lipinski definition) is 0. The van der Waals surface area contributed by atoms with Crippen LogP contribution in [0.3, 0.4) is 0 Å². The molecule has 0 N–H and O–H groups in total. The molecule has 2 aromatic carbocycles. The molecule has 0 saturated carbocycles. The standard InChI is InChI=1S/C18H14FN3/c1-11-17-12(2)21-18(13-6-4-3-5-7-13)22(17)16-10-14(19)8-9-15(16)20-11/h3-10H,1-2H3. The summed E-state index contributed by atoms with van der Waals surface area (Å²) in [7, 11) is 0. The summed E-state index contributed by atoms with van der Waals surface area (Å²) in [4.78, 5) is 9.29. The van der Waals surface area contributed by atoms with Crippen LogP contribution in [0.15, 0.2) is 48.5 Å². The Bertz CT molecular complexity index is 1000. The summed E-state index contributed by atoms with van der Waals surface area (Å²) in [5.74, 6) is 0.541. The van der Waals surface area contributed by atoms with E-state index in [1.165, 1.54) is 12.1 Å². The fraction of sp³-hybridized carbons (Fsp3) is 0.111. The Kier molecular flexibility index (Phi) is 2.73. The van der Waals surface area contributed by atoms with Crippen molar-refractivity contribution < 1.29 is 4.39 Å². The number of hydrogen-bond acceptors (Lipinski definition) is 2. The van der Waals surface area contributed by atoms with E-state index in [0.717, 1.165) is 39.3 Å². The number of aromatic nitrogens is 3. The van der Waals surface area contributed by atoms with Crippen LogP contribution in [-0.2, 0) is 0 Å². The van der Waals surface area contributed by atoms with E-state index in [-0.39, 0.29) is 5.82 Å². The van der Waals surface area contributed by atoms with Crippen molar-refractivity contribution in [2.24, 2.45) is 0 Å². The van der Waals surface area contributed by atoms with Gasteiger partial charge in [-0.05, 0) is 26.0 Å². The predicted octanol–water partition coefficient (Wildman–Crippen LogP) is 4.31. The van der Waals surface area contributed by atoms with Crippen LogP contribution in [0.2, 0.25) is 0 Å². The predicted molar refractivity (Wildman–Crippen MR) is 85.4 cm³/mol. The maximum atomic E-state index is 13.7. The van der Waals surface area contributed by atoms with Crippen molar-refractivity contribution in [3.8, 4) is 11.4 Å². The number of benzene rings is 2. The van der Waals surface area contributed by atoms with Gasteiger partial charge in [0.2, 0.25) is 0 Å². The Morgan fingerprint density at radius 2 is 1.64 bits per heavy atom. The van der Waals surface area contributed by atoms with E-state index in [4.69, 9.17) is 4.98 Å². The molecule has 0 amide bonds. The zero-order valence-corrected chi connectivity index (χ0v) is 12.3. The fourth-order valence-corrected chi connectivity index (χ4v) is 2.97. The average molecular weight is 291 g/mol. The van der Waals surface area contributed by atoms with E-state index < -0.39 is 0 Å². The van der Waals surface area contributed by atoms with Crippen LogP contribution in [0, 0.1) is 19.7 Å². The van der Waals surface area contributed by atoms with Crippen molar-refractivity contribution in [2.75, 3.05) is 0 Å². The molecule has 0 radical (unpaired) electrons. The summed E-state index contributed by atoms with van der Waals surface area (Å²) in [5, 5.41) is 0. The normalized spacial score (nSPS) is 11.4. The summed E-state index contributed by atoms with van der Waals surface area (Å²) in [6.45, 7) is 3.92. The molecule has 2 heterocycles. The van der Waals surface area contributed by atoms with Gasteiger partial charge in [0.05, 0.1) is 27.9 Å². The Labute approximate surface area is 127 Å². The maximum Gasteiger partial charge on any atom is 0.145 e. The second kappa shape index (κ2) is 4.63. The summed E-state index contributed by atoms with van der Waals surface area (Å²) in [6.07, 6.45) is 0. The molecule has 4 heteroatoms. The lowest BCUT2D eigenvalue weighted by Crippen LogP contribution is -1.98. The maximum absolute atomic E-state index is 13.7. The molecule has 4 aromatic rings. The molecule has 3 nitrogen and oxygen atoms in total. The van der Waals surface area contributed by atoms with Gasteiger partial charge in [-0.1, -0.05) is 30.3 Å². The van der Waals surface area contributed by atoms with Crippen LogP contribution in [0.25, 0.3) is 27.9 Å². The van der Waals surface area contributed by atoms with Crippen molar-refractivity contribution in [1.29, 1.82) is 0 Å². The molecule has 4 rings (SSSR count). The lowest BCUT2D eigenvalue weighted by Gasteiger charge is -2.08. The molecular formula is C18H14FN3. The topological polar surface area (TPSA) is 30.2 Å². The highest BCUT2D eigenvalue weighted by molar-refractivity contribution is 5.83. The highest BCUT2D eigenvalue weighted by Gasteiger charge is 2.16. The first kappa shape index (κ1) is 13.0. The third kappa shape index (κ3) is 1.80. The SMILES string of the molecule is Cc1nc(-c2ccccc2)n2c1c(C)nc1ccc(F)cc12. The molecule has 108 valence electrons. The van der Waals surface area contributed by atoms with E-state index in [9.17, 15) is 4.39 Å². The summed E-state index contributed by atoms with van der Waals surface area (Å²) >= 11 is 0. The van der Waals surface area contributed by atoms with Crippen LogP contribution in [0.1, 0.15) is 11.4 Å². The molecule has 0 atom stereocenters. The van der Waals surface area contributed by atoms with Gasteiger partial charge < -0.3 is 0 Å². The first-order valence-electron chi connectivity index (χ1n) is 7.15. The van der Waals surface area contributed by atoms with Crippen LogP contribution >= 0.6 is 0 Å². The largest absolute Gasteiger partial charge is 0.289 e. The molecule has 0 aliphatic heterocycles. The van der Waals surface area contributed by atoms with Crippen LogP contribution in [-0.4, -0.2) is 14.4 Å². The molecule has 0 unspecified atom stereocenters. The molecule has 0 saturated heterocycles. The minimum Gasteiger partial charge on any atom is -0.289 e. The van der Waals surface area contributed by atoms with E-state index in [2.05, 4.69) is 4.98 Å². The quantitative estimate of drug-likeness (QED) is 0.523. The highest BCUT2D eigenvalue weighted by atomic mass is 19.1. The molecule has 0 spiro atoms. The van der Waals surface area contributed by atoms with Crippen molar-refractivity contribution >= 4 is 16.6 Å². The van der Waals surface area contributed by atoms with E-state index in [1.807, 2.05) is 48.6 Å². The van der Waals surface area contributed by atoms with Crippen LogP contribution in [0.4, 0.5) is 4.39 Å². The lowest BCUT2D eigenvalue weighted by molar-refractivity contribution is 0.629. The second-order valence-corrected chi connectivity index (χ2v) is 5.40. The Hall–Kier alpha value is -2.75. The summed E-state index contributed by atoms with van der Waals surface area (Å²) in [6, 6.07) is 14.6. The van der Waals surface area contributed by atoms with E-state index in [0.29, 0.717) is 0 Å². The van der Waals surface area contributed by atoms with Gasteiger partial charge in [0.15, 0.2) is 0 Å². The molecule has 0 aliphatic carbocycles. The number of fused-ring (bicyclic) bond motifs is 3. The zero-order valence-electron chi connectivity index (χ0n) is 12.3. The molecule has 0 bridgehead atoms. The minimum atomic E-state index is -0.273. The van der Waals surface area contributed by atoms with Gasteiger partial charge >= 0.3 is 0 Å². The van der Waals surface area contributed by atoms with Crippen molar-refractivity contribution in [3.05, 3.63) is 65.7 Å². The Balaban J connectivity index is 2.23. The monoisotopic (exact) mass is 291 g/mol. The Morgan fingerprint density at radius 3 is 2.41 bits per heavy atom. The molecule has 0 aliphatic rings. The Morgan fingerprint density at radius 1 is 0.909 bits per heavy atom. The molecular weight excluding hydrogens is 277 g/mol. The van der Waals surface area contributed by atoms with Gasteiger partial charge in [-0.3, -0.25) is 4.40 Å². The van der Waals surface area contributed by atoms with Crippen molar-refractivity contribution in [3.63, 3.8) is 0 Å². The number of rotatable bonds is 1. The molecule has 2 aromatic heterocycles. The minimum absolute atomic E-state index is 0.273. The first-order chi connectivity index (χ1) is 10.6. The number of imidazole rings is 1. The van der Waals surface area contributed by atoms with Gasteiger partial charge in [0.1, 0.15) is 11.6 Å². The zero-order chi connectivity index (χ0) is 15.3. The number of nitrogens with zero attached hydrogens (tertiary/aromatic N) is 3. The lowest BCUT2D eigenvalue weighted by atomic mass is 10.2. The third-order valence-electron chi connectivity index (χ3n) is 3.89. The van der Waals surface area contributed by atoms with Gasteiger partial charge in [-0.25, -0.2) is 14.4 Å². The third-order valence-corrected chi connectivity index (χ3v) is 3.89. The summed E-state index contributed by atoms with van der Waals surface area (Å²) < 4.78 is 15.7. The van der Waals surface area contributed by atoms with E-state index >= 15 is 0 Å². The van der Waals surface area contributed by atoms with E-state index in [1.54, 1.807) is 6.07 Å². The molecule has 22 heavy (non-hydrogen) atoms. The van der Waals surface area contributed by atoms with Gasteiger partial charge in [0, 0.05) is 11.6 Å². The second-order valence-electron chi connectivity index (χ2n) is 5.40. The summed E-state index contributed by atoms with van der Waals surface area (Å²) in [5.41, 5.74) is 5.24. The first-order valence-corrected chi connectivity index (χ1v) is 7.15. The van der Waals surface area contributed by atoms with Crippen molar-refractivity contribution in [2.45, 2.75) is 13.8 Å². The highest BCUT2D eigenvalue weighted by Crippen LogP contribution is 2.28. The molecule has 0 fully saturated rings. The van der Waals surface area contributed by atoms with Gasteiger partial charge in [-0.2, -0.15) is 0 Å².